The molecule has 0 saturated heterocycles. The van der Waals surface area contributed by atoms with Crippen molar-refractivity contribution >= 4 is 9.84 Å². The fourth-order valence-corrected chi connectivity index (χ4v) is 3.07. The molecular formula is C15H19NO3S. The first-order valence-corrected chi connectivity index (χ1v) is 8.21. The van der Waals surface area contributed by atoms with Gasteiger partial charge in [-0.1, -0.05) is 32.0 Å². The van der Waals surface area contributed by atoms with Gasteiger partial charge in [-0.15, -0.1) is 0 Å². The van der Waals surface area contributed by atoms with Crippen molar-refractivity contribution < 1.29 is 12.8 Å². The summed E-state index contributed by atoms with van der Waals surface area (Å²) in [6.45, 7) is 4.69. The summed E-state index contributed by atoms with van der Waals surface area (Å²) in [4.78, 5) is 0.318. The largest absolute Gasteiger partial charge is 0.464 e. The van der Waals surface area contributed by atoms with E-state index in [0.717, 1.165) is 5.76 Å². The zero-order valence-electron chi connectivity index (χ0n) is 11.7. The summed E-state index contributed by atoms with van der Waals surface area (Å²) < 4.78 is 30.0. The third-order valence-electron chi connectivity index (χ3n) is 2.84. The van der Waals surface area contributed by atoms with Crippen molar-refractivity contribution in [3.63, 3.8) is 0 Å². The normalized spacial score (nSPS) is 11.9. The molecule has 0 unspecified atom stereocenters. The van der Waals surface area contributed by atoms with Gasteiger partial charge < -0.3 is 9.73 Å². The number of hydrogen-bond acceptors (Lipinski definition) is 4. The summed E-state index contributed by atoms with van der Waals surface area (Å²) in [7, 11) is -3.35. The summed E-state index contributed by atoms with van der Waals surface area (Å²) in [5, 5.41) is 3.23. The SMILES string of the molecule is CC(C)NCc1ccc(CS(=O)(=O)c2ccccc2)o1. The van der Waals surface area contributed by atoms with Gasteiger partial charge in [0.05, 0.1) is 11.4 Å². The number of furan rings is 1. The Morgan fingerprint density at radius 1 is 1.05 bits per heavy atom. The predicted molar refractivity (Wildman–Crippen MR) is 78.0 cm³/mol. The maximum atomic E-state index is 12.2. The average Bonchev–Trinajstić information content (AvgIpc) is 2.84. The van der Waals surface area contributed by atoms with Crippen LogP contribution in [0.15, 0.2) is 51.8 Å². The Bertz CT molecular complexity index is 645. The number of sulfone groups is 1. The topological polar surface area (TPSA) is 59.3 Å². The highest BCUT2D eigenvalue weighted by Gasteiger charge is 2.17. The fraction of sp³-hybridized carbons (Fsp3) is 0.333. The summed E-state index contributed by atoms with van der Waals surface area (Å²) in [5.41, 5.74) is 0. The molecule has 0 atom stereocenters. The molecule has 0 amide bonds. The molecule has 1 aromatic carbocycles. The van der Waals surface area contributed by atoms with E-state index >= 15 is 0 Å². The quantitative estimate of drug-likeness (QED) is 0.889. The second kappa shape index (κ2) is 6.24. The average molecular weight is 293 g/mol. The van der Waals surface area contributed by atoms with Crippen molar-refractivity contribution in [3.8, 4) is 0 Å². The van der Waals surface area contributed by atoms with Crippen LogP contribution in [0.4, 0.5) is 0 Å². The van der Waals surface area contributed by atoms with E-state index in [-0.39, 0.29) is 5.75 Å². The lowest BCUT2D eigenvalue weighted by molar-refractivity contribution is 0.443. The second-order valence-electron chi connectivity index (χ2n) is 4.98. The number of nitrogens with one attached hydrogen (secondary N) is 1. The molecule has 2 aromatic rings. The Labute approximate surface area is 119 Å². The van der Waals surface area contributed by atoms with Crippen LogP contribution in [0.5, 0.6) is 0 Å². The van der Waals surface area contributed by atoms with E-state index in [9.17, 15) is 8.42 Å². The van der Waals surface area contributed by atoms with Gasteiger partial charge in [-0.2, -0.15) is 0 Å². The standard InChI is InChI=1S/C15H19NO3S/c1-12(2)16-10-13-8-9-14(19-13)11-20(17,18)15-6-4-3-5-7-15/h3-9,12,16H,10-11H2,1-2H3. The van der Waals surface area contributed by atoms with Gasteiger partial charge in [0.2, 0.25) is 0 Å². The minimum atomic E-state index is -3.35. The number of benzene rings is 1. The molecule has 0 fully saturated rings. The van der Waals surface area contributed by atoms with Gasteiger partial charge in [-0.3, -0.25) is 0 Å². The minimum absolute atomic E-state index is 0.112. The first-order chi connectivity index (χ1) is 9.47. The highest BCUT2D eigenvalue weighted by atomic mass is 32.2. The molecule has 0 spiro atoms. The van der Waals surface area contributed by atoms with Crippen LogP contribution in [-0.4, -0.2) is 14.5 Å². The zero-order chi connectivity index (χ0) is 14.6. The van der Waals surface area contributed by atoms with Gasteiger partial charge in [0.15, 0.2) is 9.84 Å². The van der Waals surface area contributed by atoms with Crippen LogP contribution in [0.1, 0.15) is 25.4 Å². The van der Waals surface area contributed by atoms with E-state index in [1.165, 1.54) is 0 Å². The fourth-order valence-electron chi connectivity index (χ4n) is 1.80. The highest BCUT2D eigenvalue weighted by molar-refractivity contribution is 7.90. The van der Waals surface area contributed by atoms with Crippen LogP contribution in [0.2, 0.25) is 0 Å². The highest BCUT2D eigenvalue weighted by Crippen LogP contribution is 2.18. The van der Waals surface area contributed by atoms with Crippen molar-refractivity contribution in [1.29, 1.82) is 0 Å². The molecule has 0 aliphatic rings. The molecule has 1 heterocycles. The van der Waals surface area contributed by atoms with Crippen LogP contribution >= 0.6 is 0 Å². The maximum absolute atomic E-state index is 12.2. The van der Waals surface area contributed by atoms with E-state index in [2.05, 4.69) is 5.32 Å². The lowest BCUT2D eigenvalue weighted by Gasteiger charge is -2.05. The van der Waals surface area contributed by atoms with Crippen LogP contribution in [0, 0.1) is 0 Å². The van der Waals surface area contributed by atoms with Crippen molar-refractivity contribution in [3.05, 3.63) is 54.0 Å². The molecule has 20 heavy (non-hydrogen) atoms. The van der Waals surface area contributed by atoms with Crippen LogP contribution < -0.4 is 5.32 Å². The van der Waals surface area contributed by atoms with Crippen molar-refractivity contribution in [2.75, 3.05) is 0 Å². The van der Waals surface area contributed by atoms with Crippen molar-refractivity contribution in [1.82, 2.24) is 5.32 Å². The van der Waals surface area contributed by atoms with Crippen LogP contribution in [0.25, 0.3) is 0 Å². The van der Waals surface area contributed by atoms with Gasteiger partial charge in [0.25, 0.3) is 0 Å². The van der Waals surface area contributed by atoms with E-state index < -0.39 is 9.84 Å². The zero-order valence-corrected chi connectivity index (χ0v) is 12.5. The van der Waals surface area contributed by atoms with Crippen LogP contribution in [0.3, 0.4) is 0 Å². The molecule has 1 N–H and O–H groups in total. The Balaban J connectivity index is 2.07. The van der Waals surface area contributed by atoms with Crippen molar-refractivity contribution in [2.24, 2.45) is 0 Å². The van der Waals surface area contributed by atoms with Gasteiger partial charge in [-0.05, 0) is 24.3 Å². The van der Waals surface area contributed by atoms with E-state index in [1.807, 2.05) is 19.9 Å². The Morgan fingerprint density at radius 2 is 1.70 bits per heavy atom. The van der Waals surface area contributed by atoms with Gasteiger partial charge in [0.1, 0.15) is 17.3 Å². The van der Waals surface area contributed by atoms with E-state index in [4.69, 9.17) is 4.42 Å². The van der Waals surface area contributed by atoms with E-state index in [0.29, 0.717) is 23.2 Å². The molecule has 4 nitrogen and oxygen atoms in total. The molecule has 0 bridgehead atoms. The monoisotopic (exact) mass is 293 g/mol. The smallest absolute Gasteiger partial charge is 0.185 e. The third kappa shape index (κ3) is 3.95. The Morgan fingerprint density at radius 3 is 2.35 bits per heavy atom. The van der Waals surface area contributed by atoms with E-state index in [1.54, 1.807) is 36.4 Å². The summed E-state index contributed by atoms with van der Waals surface area (Å²) >= 11 is 0. The predicted octanol–water partition coefficient (Wildman–Crippen LogP) is 2.75. The number of hydrogen-bond donors (Lipinski definition) is 1. The first kappa shape index (κ1) is 14.8. The van der Waals surface area contributed by atoms with Gasteiger partial charge in [-0.25, -0.2) is 8.42 Å². The Kier molecular flexibility index (Phi) is 4.62. The van der Waals surface area contributed by atoms with Crippen molar-refractivity contribution in [2.45, 2.75) is 37.1 Å². The maximum Gasteiger partial charge on any atom is 0.185 e. The molecular weight excluding hydrogens is 274 g/mol. The molecule has 0 saturated carbocycles. The summed E-state index contributed by atoms with van der Waals surface area (Å²) in [5.74, 6) is 1.10. The lowest BCUT2D eigenvalue weighted by atomic mass is 10.3. The van der Waals surface area contributed by atoms with Gasteiger partial charge in [0, 0.05) is 6.04 Å². The van der Waals surface area contributed by atoms with Gasteiger partial charge >= 0.3 is 0 Å². The molecule has 108 valence electrons. The molecule has 5 heteroatoms. The van der Waals surface area contributed by atoms with Crippen LogP contribution in [-0.2, 0) is 22.1 Å². The molecule has 0 radical (unpaired) electrons. The number of rotatable bonds is 6. The molecule has 1 aromatic heterocycles. The molecule has 0 aliphatic heterocycles. The second-order valence-corrected chi connectivity index (χ2v) is 6.97. The lowest BCUT2D eigenvalue weighted by Crippen LogP contribution is -2.21. The summed E-state index contributed by atoms with van der Waals surface area (Å²) in [6.07, 6.45) is 0. The minimum Gasteiger partial charge on any atom is -0.464 e. The third-order valence-corrected chi connectivity index (χ3v) is 4.49. The summed E-state index contributed by atoms with van der Waals surface area (Å²) in [6, 6.07) is 12.3. The molecule has 0 aliphatic carbocycles. The Hall–Kier alpha value is -1.59. The molecule has 2 rings (SSSR count). The first-order valence-electron chi connectivity index (χ1n) is 6.56.